The zero-order valence-corrected chi connectivity index (χ0v) is 14.9. The predicted octanol–water partition coefficient (Wildman–Crippen LogP) is 3.61. The van der Waals surface area contributed by atoms with Gasteiger partial charge in [0.15, 0.2) is 12.7 Å². The van der Waals surface area contributed by atoms with E-state index in [9.17, 15) is 9.59 Å². The van der Waals surface area contributed by atoms with Crippen molar-refractivity contribution in [2.24, 2.45) is 0 Å². The van der Waals surface area contributed by atoms with Crippen molar-refractivity contribution in [1.29, 1.82) is 0 Å². The lowest BCUT2D eigenvalue weighted by atomic mass is 10.2. The van der Waals surface area contributed by atoms with E-state index < -0.39 is 12.1 Å². The fraction of sp³-hybridized carbons (Fsp3) is 0.500. The molecule has 1 amide bonds. The standard InChI is InChI=1S/C16H21Cl2NO4/c1-4-5-10(2)19-15(20)9-22-16(21)11(3)23-14-7-6-12(17)8-13(14)18/h6-8,10-11H,4-5,9H2,1-3H3,(H,19,20)/t10-,11-/m0/s1. The summed E-state index contributed by atoms with van der Waals surface area (Å²) < 4.78 is 10.4. The van der Waals surface area contributed by atoms with Crippen LogP contribution in [0.5, 0.6) is 5.75 Å². The van der Waals surface area contributed by atoms with Crippen LogP contribution in [0.2, 0.25) is 10.0 Å². The van der Waals surface area contributed by atoms with Crippen LogP contribution < -0.4 is 10.1 Å². The number of hydrogen-bond acceptors (Lipinski definition) is 4. The molecule has 1 aromatic rings. The fourth-order valence-corrected chi connectivity index (χ4v) is 2.34. The molecule has 1 rings (SSSR count). The van der Waals surface area contributed by atoms with E-state index in [1.807, 2.05) is 13.8 Å². The van der Waals surface area contributed by atoms with Gasteiger partial charge in [-0.2, -0.15) is 0 Å². The molecule has 0 aliphatic heterocycles. The summed E-state index contributed by atoms with van der Waals surface area (Å²) in [6, 6.07) is 4.73. The molecule has 128 valence electrons. The van der Waals surface area contributed by atoms with Crippen molar-refractivity contribution >= 4 is 35.1 Å². The number of carbonyl (C=O) groups is 2. The second-order valence-corrected chi connectivity index (χ2v) is 6.04. The SMILES string of the molecule is CCC[C@H](C)NC(=O)COC(=O)[C@H](C)Oc1ccc(Cl)cc1Cl. The molecule has 7 heteroatoms. The third-order valence-electron chi connectivity index (χ3n) is 3.00. The van der Waals surface area contributed by atoms with Crippen molar-refractivity contribution in [3.8, 4) is 5.75 Å². The summed E-state index contributed by atoms with van der Waals surface area (Å²) in [6.45, 7) is 5.11. The van der Waals surface area contributed by atoms with Crippen molar-refractivity contribution in [2.75, 3.05) is 6.61 Å². The Hall–Kier alpha value is -1.46. The first-order valence-electron chi connectivity index (χ1n) is 7.41. The molecule has 0 fully saturated rings. The number of carbonyl (C=O) groups excluding carboxylic acids is 2. The van der Waals surface area contributed by atoms with Crippen LogP contribution >= 0.6 is 23.2 Å². The Morgan fingerprint density at radius 1 is 1.26 bits per heavy atom. The Bertz CT molecular complexity index is 551. The second kappa shape index (κ2) is 9.63. The van der Waals surface area contributed by atoms with Crippen LogP contribution in [0.3, 0.4) is 0 Å². The molecular formula is C16H21Cl2NO4. The summed E-state index contributed by atoms with van der Waals surface area (Å²) in [5.41, 5.74) is 0. The smallest absolute Gasteiger partial charge is 0.347 e. The van der Waals surface area contributed by atoms with Crippen molar-refractivity contribution in [3.63, 3.8) is 0 Å². The monoisotopic (exact) mass is 361 g/mol. The maximum atomic E-state index is 11.8. The van der Waals surface area contributed by atoms with Crippen LogP contribution in [0.4, 0.5) is 0 Å². The number of rotatable bonds is 8. The fourth-order valence-electron chi connectivity index (χ4n) is 1.89. The summed E-state index contributed by atoms with van der Waals surface area (Å²) in [7, 11) is 0. The van der Waals surface area contributed by atoms with Gasteiger partial charge < -0.3 is 14.8 Å². The topological polar surface area (TPSA) is 64.6 Å². The molecule has 0 aliphatic carbocycles. The summed E-state index contributed by atoms with van der Waals surface area (Å²) in [5.74, 6) is -0.660. The van der Waals surface area contributed by atoms with E-state index in [1.165, 1.54) is 13.0 Å². The highest BCUT2D eigenvalue weighted by Crippen LogP contribution is 2.28. The van der Waals surface area contributed by atoms with Crippen LogP contribution in [0.1, 0.15) is 33.6 Å². The van der Waals surface area contributed by atoms with Gasteiger partial charge in [-0.05, 0) is 38.5 Å². The van der Waals surface area contributed by atoms with Crippen molar-refractivity contribution < 1.29 is 19.1 Å². The highest BCUT2D eigenvalue weighted by atomic mass is 35.5. The molecule has 0 heterocycles. The van der Waals surface area contributed by atoms with Gasteiger partial charge in [-0.25, -0.2) is 4.79 Å². The molecular weight excluding hydrogens is 341 g/mol. The van der Waals surface area contributed by atoms with E-state index in [-0.39, 0.29) is 18.6 Å². The minimum atomic E-state index is -0.894. The maximum Gasteiger partial charge on any atom is 0.347 e. The molecule has 0 spiro atoms. The average molecular weight is 362 g/mol. The molecule has 23 heavy (non-hydrogen) atoms. The maximum absolute atomic E-state index is 11.8. The number of ether oxygens (including phenoxy) is 2. The highest BCUT2D eigenvalue weighted by molar-refractivity contribution is 6.35. The highest BCUT2D eigenvalue weighted by Gasteiger charge is 2.19. The Labute approximate surface area is 146 Å². The Balaban J connectivity index is 2.43. The van der Waals surface area contributed by atoms with E-state index in [0.29, 0.717) is 15.8 Å². The third kappa shape index (κ3) is 7.10. The first kappa shape index (κ1) is 19.6. The molecule has 0 saturated heterocycles. The molecule has 0 aliphatic rings. The van der Waals surface area contributed by atoms with E-state index in [1.54, 1.807) is 12.1 Å². The number of amides is 1. The number of hydrogen-bond donors (Lipinski definition) is 1. The zero-order valence-electron chi connectivity index (χ0n) is 13.4. The number of nitrogens with one attached hydrogen (secondary N) is 1. The predicted molar refractivity (Wildman–Crippen MR) is 90.0 cm³/mol. The van der Waals surface area contributed by atoms with E-state index >= 15 is 0 Å². The first-order chi connectivity index (χ1) is 10.8. The minimum Gasteiger partial charge on any atom is -0.477 e. The van der Waals surface area contributed by atoms with Gasteiger partial charge in [-0.1, -0.05) is 36.5 Å². The van der Waals surface area contributed by atoms with E-state index in [0.717, 1.165) is 12.8 Å². The molecule has 1 N–H and O–H groups in total. The van der Waals surface area contributed by atoms with Gasteiger partial charge in [0.25, 0.3) is 5.91 Å². The lowest BCUT2D eigenvalue weighted by molar-refractivity contribution is -0.154. The van der Waals surface area contributed by atoms with Crippen LogP contribution in [0.25, 0.3) is 0 Å². The van der Waals surface area contributed by atoms with Crippen molar-refractivity contribution in [3.05, 3.63) is 28.2 Å². The molecule has 5 nitrogen and oxygen atoms in total. The Kier molecular flexibility index (Phi) is 8.20. The Morgan fingerprint density at radius 2 is 1.96 bits per heavy atom. The lowest BCUT2D eigenvalue weighted by Gasteiger charge is -2.16. The van der Waals surface area contributed by atoms with Crippen LogP contribution in [0.15, 0.2) is 18.2 Å². The van der Waals surface area contributed by atoms with E-state index in [2.05, 4.69) is 5.32 Å². The summed E-state index contributed by atoms with van der Waals surface area (Å²) in [6.07, 6.45) is 0.942. The molecule has 0 bridgehead atoms. The molecule has 0 aromatic heterocycles. The molecule has 2 atom stereocenters. The van der Waals surface area contributed by atoms with Gasteiger partial charge in [0.1, 0.15) is 5.75 Å². The summed E-state index contributed by atoms with van der Waals surface area (Å²) >= 11 is 11.8. The first-order valence-corrected chi connectivity index (χ1v) is 8.16. The van der Waals surface area contributed by atoms with Gasteiger partial charge in [0.05, 0.1) is 5.02 Å². The molecule has 0 radical (unpaired) electrons. The van der Waals surface area contributed by atoms with Gasteiger partial charge in [0.2, 0.25) is 0 Å². The summed E-state index contributed by atoms with van der Waals surface area (Å²) in [4.78, 5) is 23.5. The number of esters is 1. The van der Waals surface area contributed by atoms with Crippen LogP contribution in [-0.2, 0) is 14.3 Å². The van der Waals surface area contributed by atoms with Crippen molar-refractivity contribution in [1.82, 2.24) is 5.32 Å². The summed E-state index contributed by atoms with van der Waals surface area (Å²) in [5, 5.41) is 3.51. The van der Waals surface area contributed by atoms with Crippen molar-refractivity contribution in [2.45, 2.75) is 45.8 Å². The average Bonchev–Trinajstić information content (AvgIpc) is 2.47. The molecule has 0 saturated carbocycles. The minimum absolute atomic E-state index is 0.0488. The number of halogens is 2. The Morgan fingerprint density at radius 3 is 2.57 bits per heavy atom. The van der Waals surface area contributed by atoms with Crippen LogP contribution in [-0.4, -0.2) is 30.6 Å². The largest absolute Gasteiger partial charge is 0.477 e. The lowest BCUT2D eigenvalue weighted by Crippen LogP contribution is -2.37. The molecule has 1 aromatic carbocycles. The van der Waals surface area contributed by atoms with Gasteiger partial charge in [0, 0.05) is 11.1 Å². The van der Waals surface area contributed by atoms with Gasteiger partial charge in [-0.3, -0.25) is 4.79 Å². The second-order valence-electron chi connectivity index (χ2n) is 5.20. The quantitative estimate of drug-likeness (QED) is 0.718. The normalized spacial score (nSPS) is 13.1. The van der Waals surface area contributed by atoms with Gasteiger partial charge >= 0.3 is 5.97 Å². The van der Waals surface area contributed by atoms with Crippen LogP contribution in [0, 0.1) is 0 Å². The van der Waals surface area contributed by atoms with Gasteiger partial charge in [-0.15, -0.1) is 0 Å². The number of benzene rings is 1. The molecule has 0 unspecified atom stereocenters. The third-order valence-corrected chi connectivity index (χ3v) is 3.53. The van der Waals surface area contributed by atoms with E-state index in [4.69, 9.17) is 32.7 Å². The zero-order chi connectivity index (χ0) is 17.4.